The van der Waals surface area contributed by atoms with Crippen LogP contribution in [0.2, 0.25) is 0 Å². The lowest BCUT2D eigenvalue weighted by Crippen LogP contribution is -2.06. The zero-order chi connectivity index (χ0) is 15.2. The van der Waals surface area contributed by atoms with Gasteiger partial charge >= 0.3 is 0 Å². The van der Waals surface area contributed by atoms with Gasteiger partial charge < -0.3 is 0 Å². The van der Waals surface area contributed by atoms with Gasteiger partial charge in [-0.25, -0.2) is 8.42 Å². The van der Waals surface area contributed by atoms with Crippen molar-refractivity contribution >= 4 is 25.4 Å². The van der Waals surface area contributed by atoms with Gasteiger partial charge in [-0.2, -0.15) is 0 Å². The number of aromatic nitrogens is 3. The maximum atomic E-state index is 11.5. The fourth-order valence-corrected chi connectivity index (χ4v) is 2.99. The molecule has 2 aromatic rings. The van der Waals surface area contributed by atoms with E-state index in [0.717, 1.165) is 12.8 Å². The third-order valence-electron chi connectivity index (χ3n) is 3.11. The van der Waals surface area contributed by atoms with Crippen molar-refractivity contribution < 1.29 is 13.3 Å². The Labute approximate surface area is 123 Å². The van der Waals surface area contributed by atoms with E-state index in [1.165, 1.54) is 22.8 Å². The normalized spacial score (nSPS) is 15.1. The molecular weight excluding hydrogens is 320 g/mol. The van der Waals surface area contributed by atoms with Crippen molar-refractivity contribution in [3.05, 3.63) is 34.4 Å². The number of hydrogen-bond acceptors (Lipinski definition) is 6. The average Bonchev–Trinajstić information content (AvgIpc) is 3.15. The number of halogens is 1. The quantitative estimate of drug-likeness (QED) is 0.483. The summed E-state index contributed by atoms with van der Waals surface area (Å²) in [5, 5.41) is 18.0. The van der Waals surface area contributed by atoms with E-state index in [2.05, 4.69) is 10.2 Å². The second-order valence-electron chi connectivity index (χ2n) is 4.65. The van der Waals surface area contributed by atoms with Crippen LogP contribution in [0.25, 0.3) is 11.4 Å². The minimum Gasteiger partial charge on any atom is -0.294 e. The van der Waals surface area contributed by atoms with Crippen LogP contribution in [-0.4, -0.2) is 28.1 Å². The van der Waals surface area contributed by atoms with E-state index in [9.17, 15) is 18.5 Å². The summed E-state index contributed by atoms with van der Waals surface area (Å²) >= 11 is 0. The van der Waals surface area contributed by atoms with Gasteiger partial charge in [0.15, 0.2) is 5.82 Å². The Morgan fingerprint density at radius 2 is 2.05 bits per heavy atom. The van der Waals surface area contributed by atoms with Crippen LogP contribution in [0.15, 0.2) is 29.4 Å². The zero-order valence-electron chi connectivity index (χ0n) is 10.5. The second-order valence-corrected chi connectivity index (χ2v) is 7.11. The van der Waals surface area contributed by atoms with Gasteiger partial charge in [-0.1, -0.05) is 12.1 Å². The molecule has 0 aliphatic heterocycles. The molecule has 21 heavy (non-hydrogen) atoms. The molecule has 1 aliphatic carbocycles. The molecule has 0 N–H and O–H groups in total. The summed E-state index contributed by atoms with van der Waals surface area (Å²) in [6, 6.07) is 5.75. The summed E-state index contributed by atoms with van der Waals surface area (Å²) in [4.78, 5) is 10.3. The highest BCUT2D eigenvalue weighted by Crippen LogP contribution is 2.40. The molecule has 0 spiro atoms. The molecule has 8 nitrogen and oxygen atoms in total. The SMILES string of the molecule is O=[N+]([O-])c1cccc(-c2nnc(S(=O)(=O)Cl)n2C2CC2)c1. The number of non-ortho nitro benzene ring substituents is 1. The maximum Gasteiger partial charge on any atom is 0.296 e. The van der Waals surface area contributed by atoms with Crippen molar-refractivity contribution in [1.82, 2.24) is 14.8 Å². The van der Waals surface area contributed by atoms with Gasteiger partial charge in [0.05, 0.1) is 4.92 Å². The lowest BCUT2D eigenvalue weighted by atomic mass is 10.2. The Morgan fingerprint density at radius 1 is 1.33 bits per heavy atom. The van der Waals surface area contributed by atoms with E-state index in [0.29, 0.717) is 5.56 Å². The molecule has 1 aromatic heterocycles. The summed E-state index contributed by atoms with van der Waals surface area (Å²) < 4.78 is 24.5. The Hall–Kier alpha value is -2.00. The van der Waals surface area contributed by atoms with Crippen molar-refractivity contribution in [1.29, 1.82) is 0 Å². The molecule has 1 aromatic carbocycles. The van der Waals surface area contributed by atoms with E-state index in [4.69, 9.17) is 10.7 Å². The van der Waals surface area contributed by atoms with Crippen LogP contribution >= 0.6 is 10.7 Å². The fraction of sp³-hybridized carbons (Fsp3) is 0.273. The highest BCUT2D eigenvalue weighted by molar-refractivity contribution is 8.13. The Kier molecular flexibility index (Phi) is 3.18. The molecule has 0 radical (unpaired) electrons. The second kappa shape index (κ2) is 4.78. The van der Waals surface area contributed by atoms with E-state index in [1.807, 2.05) is 0 Å². The molecular formula is C11H9ClN4O4S. The van der Waals surface area contributed by atoms with E-state index in [1.54, 1.807) is 6.07 Å². The van der Waals surface area contributed by atoms with E-state index < -0.39 is 14.0 Å². The lowest BCUT2D eigenvalue weighted by Gasteiger charge is -2.07. The first-order chi connectivity index (χ1) is 9.88. The zero-order valence-corrected chi connectivity index (χ0v) is 12.1. The molecule has 10 heteroatoms. The smallest absolute Gasteiger partial charge is 0.294 e. The van der Waals surface area contributed by atoms with Gasteiger partial charge in [-0.05, 0) is 12.8 Å². The van der Waals surface area contributed by atoms with Gasteiger partial charge in [-0.3, -0.25) is 14.7 Å². The first kappa shape index (κ1) is 14.0. The highest BCUT2D eigenvalue weighted by Gasteiger charge is 2.34. The molecule has 3 rings (SSSR count). The predicted octanol–water partition coefficient (Wildman–Crippen LogP) is 2.12. The monoisotopic (exact) mass is 328 g/mol. The van der Waals surface area contributed by atoms with Gasteiger partial charge in [0.1, 0.15) is 0 Å². The largest absolute Gasteiger partial charge is 0.296 e. The first-order valence-corrected chi connectivity index (χ1v) is 8.33. The van der Waals surface area contributed by atoms with Crippen LogP contribution in [0, 0.1) is 10.1 Å². The molecule has 0 bridgehead atoms. The standard InChI is InChI=1S/C11H9ClN4O4S/c12-21(19,20)11-14-13-10(15(11)8-4-5-8)7-2-1-3-9(6-7)16(17)18/h1-3,6,8H,4-5H2. The molecule has 0 atom stereocenters. The highest BCUT2D eigenvalue weighted by atomic mass is 35.7. The first-order valence-electron chi connectivity index (χ1n) is 6.02. The predicted molar refractivity (Wildman–Crippen MR) is 73.4 cm³/mol. The van der Waals surface area contributed by atoms with Crippen LogP contribution in [0.4, 0.5) is 5.69 Å². The molecule has 110 valence electrons. The molecule has 0 saturated heterocycles. The summed E-state index contributed by atoms with van der Waals surface area (Å²) in [6.07, 6.45) is 1.58. The fourth-order valence-electron chi connectivity index (χ4n) is 2.06. The van der Waals surface area contributed by atoms with Crippen LogP contribution in [-0.2, 0) is 9.05 Å². The van der Waals surface area contributed by atoms with Crippen molar-refractivity contribution in [3.8, 4) is 11.4 Å². The van der Waals surface area contributed by atoms with Crippen molar-refractivity contribution in [2.24, 2.45) is 0 Å². The molecule has 1 saturated carbocycles. The average molecular weight is 329 g/mol. The number of nitro benzene ring substituents is 1. The van der Waals surface area contributed by atoms with Crippen LogP contribution in [0.1, 0.15) is 18.9 Å². The van der Waals surface area contributed by atoms with Crippen LogP contribution in [0.3, 0.4) is 0 Å². The molecule has 1 heterocycles. The van der Waals surface area contributed by atoms with Crippen LogP contribution in [0.5, 0.6) is 0 Å². The number of hydrogen-bond donors (Lipinski definition) is 0. The Bertz CT molecular complexity index is 828. The number of benzene rings is 1. The van der Waals surface area contributed by atoms with Crippen LogP contribution < -0.4 is 0 Å². The molecule has 0 amide bonds. The van der Waals surface area contributed by atoms with Gasteiger partial charge in [0, 0.05) is 34.4 Å². The topological polar surface area (TPSA) is 108 Å². The van der Waals surface area contributed by atoms with Gasteiger partial charge in [0.25, 0.3) is 19.9 Å². The van der Waals surface area contributed by atoms with Crippen molar-refractivity contribution in [2.75, 3.05) is 0 Å². The Balaban J connectivity index is 2.17. The molecule has 0 unspecified atom stereocenters. The molecule has 1 aliphatic rings. The number of nitrogens with zero attached hydrogens (tertiary/aromatic N) is 4. The molecule has 1 fully saturated rings. The summed E-state index contributed by atoms with van der Waals surface area (Å²) in [6.45, 7) is 0. The number of rotatable bonds is 4. The lowest BCUT2D eigenvalue weighted by molar-refractivity contribution is -0.384. The summed E-state index contributed by atoms with van der Waals surface area (Å²) in [7, 11) is 1.33. The van der Waals surface area contributed by atoms with Gasteiger partial charge in [0.2, 0.25) is 0 Å². The minimum atomic E-state index is -4.02. The van der Waals surface area contributed by atoms with E-state index >= 15 is 0 Å². The minimum absolute atomic E-state index is 0.0437. The third-order valence-corrected chi connectivity index (χ3v) is 4.24. The number of nitro groups is 1. The maximum absolute atomic E-state index is 11.5. The summed E-state index contributed by atoms with van der Waals surface area (Å²) in [5.74, 6) is 0.264. The Morgan fingerprint density at radius 3 is 2.62 bits per heavy atom. The third kappa shape index (κ3) is 2.61. The van der Waals surface area contributed by atoms with Crippen molar-refractivity contribution in [2.45, 2.75) is 24.0 Å². The summed E-state index contributed by atoms with van der Waals surface area (Å²) in [5.41, 5.74) is 0.322. The van der Waals surface area contributed by atoms with Crippen molar-refractivity contribution in [3.63, 3.8) is 0 Å². The van der Waals surface area contributed by atoms with Gasteiger partial charge in [-0.15, -0.1) is 10.2 Å². The van der Waals surface area contributed by atoms with E-state index in [-0.39, 0.29) is 22.7 Å².